The van der Waals surface area contributed by atoms with Gasteiger partial charge in [-0.25, -0.2) is 4.79 Å². The van der Waals surface area contributed by atoms with Crippen LogP contribution in [0.4, 0.5) is 4.79 Å². The summed E-state index contributed by atoms with van der Waals surface area (Å²) in [6, 6.07) is 0.143. The van der Waals surface area contributed by atoms with Gasteiger partial charge in [-0.05, 0) is 46.7 Å². The van der Waals surface area contributed by atoms with Crippen LogP contribution in [0.5, 0.6) is 0 Å². The minimum absolute atomic E-state index is 0.0375. The van der Waals surface area contributed by atoms with E-state index in [1.165, 1.54) is 0 Å². The fraction of sp³-hybridized carbons (Fsp3) is 0.900. The SMILES string of the molecule is CC(C)NC(=O)NC1(C)CCNCC1. The van der Waals surface area contributed by atoms with Gasteiger partial charge in [0.25, 0.3) is 0 Å². The molecule has 0 bridgehead atoms. The molecular weight excluding hydrogens is 178 g/mol. The quantitative estimate of drug-likeness (QED) is 0.617. The Hall–Kier alpha value is -0.770. The molecule has 0 spiro atoms. The van der Waals surface area contributed by atoms with Crippen molar-refractivity contribution >= 4 is 6.03 Å². The summed E-state index contributed by atoms with van der Waals surface area (Å²) in [7, 11) is 0. The Morgan fingerprint density at radius 1 is 1.36 bits per heavy atom. The first-order chi connectivity index (χ1) is 6.52. The monoisotopic (exact) mass is 199 g/mol. The average Bonchev–Trinajstić information content (AvgIpc) is 2.02. The Balaban J connectivity index is 2.37. The van der Waals surface area contributed by atoms with Crippen molar-refractivity contribution in [2.24, 2.45) is 0 Å². The lowest BCUT2D eigenvalue weighted by molar-refractivity contribution is 0.212. The molecule has 0 aliphatic carbocycles. The van der Waals surface area contributed by atoms with Crippen molar-refractivity contribution in [1.29, 1.82) is 0 Å². The Kier molecular flexibility index (Phi) is 3.75. The summed E-state index contributed by atoms with van der Waals surface area (Å²) in [5, 5.41) is 9.16. The van der Waals surface area contributed by atoms with E-state index in [2.05, 4.69) is 22.9 Å². The molecule has 1 rings (SSSR count). The predicted octanol–water partition coefficient (Wildman–Crippen LogP) is 0.836. The second kappa shape index (κ2) is 4.64. The highest BCUT2D eigenvalue weighted by Gasteiger charge is 2.28. The van der Waals surface area contributed by atoms with Crippen molar-refractivity contribution in [2.45, 2.75) is 45.2 Å². The van der Waals surface area contributed by atoms with Crippen LogP contribution in [0.15, 0.2) is 0 Å². The summed E-state index contributed by atoms with van der Waals surface area (Å²) in [5.41, 5.74) is -0.0375. The summed E-state index contributed by atoms with van der Waals surface area (Å²) in [5.74, 6) is 0. The number of rotatable bonds is 2. The van der Waals surface area contributed by atoms with Gasteiger partial charge in [-0.15, -0.1) is 0 Å². The number of hydrogen-bond acceptors (Lipinski definition) is 2. The van der Waals surface area contributed by atoms with E-state index in [1.807, 2.05) is 13.8 Å². The normalized spacial score (nSPS) is 20.6. The molecule has 3 N–H and O–H groups in total. The van der Waals surface area contributed by atoms with Gasteiger partial charge in [0.2, 0.25) is 0 Å². The van der Waals surface area contributed by atoms with Gasteiger partial charge in [0.15, 0.2) is 0 Å². The molecule has 0 atom stereocenters. The number of amides is 2. The Bertz CT molecular complexity index is 198. The second-order valence-electron chi connectivity index (χ2n) is 4.56. The van der Waals surface area contributed by atoms with Gasteiger partial charge in [-0.2, -0.15) is 0 Å². The highest BCUT2D eigenvalue weighted by Crippen LogP contribution is 2.16. The van der Waals surface area contributed by atoms with E-state index in [4.69, 9.17) is 0 Å². The number of carbonyl (C=O) groups is 1. The summed E-state index contributed by atoms with van der Waals surface area (Å²) < 4.78 is 0. The van der Waals surface area contributed by atoms with Gasteiger partial charge < -0.3 is 16.0 Å². The van der Waals surface area contributed by atoms with Crippen LogP contribution in [0, 0.1) is 0 Å². The molecule has 1 aliphatic heterocycles. The Labute approximate surface area is 85.8 Å². The summed E-state index contributed by atoms with van der Waals surface area (Å²) >= 11 is 0. The van der Waals surface area contributed by atoms with Crippen LogP contribution in [0.2, 0.25) is 0 Å². The third-order valence-corrected chi connectivity index (χ3v) is 2.54. The third kappa shape index (κ3) is 3.54. The Morgan fingerprint density at radius 3 is 2.43 bits per heavy atom. The molecule has 0 aromatic heterocycles. The molecule has 1 aliphatic rings. The molecule has 0 radical (unpaired) electrons. The predicted molar refractivity (Wildman–Crippen MR) is 57.3 cm³/mol. The zero-order valence-electron chi connectivity index (χ0n) is 9.31. The van der Waals surface area contributed by atoms with Crippen molar-refractivity contribution in [3.8, 4) is 0 Å². The van der Waals surface area contributed by atoms with E-state index >= 15 is 0 Å². The molecule has 1 fully saturated rings. The molecule has 2 amide bonds. The second-order valence-corrected chi connectivity index (χ2v) is 4.56. The first-order valence-electron chi connectivity index (χ1n) is 5.31. The van der Waals surface area contributed by atoms with Crippen molar-refractivity contribution < 1.29 is 4.79 Å². The minimum atomic E-state index is -0.0515. The molecule has 0 unspecified atom stereocenters. The first-order valence-corrected chi connectivity index (χ1v) is 5.31. The topological polar surface area (TPSA) is 53.2 Å². The fourth-order valence-electron chi connectivity index (χ4n) is 1.68. The maximum absolute atomic E-state index is 11.5. The maximum atomic E-state index is 11.5. The van der Waals surface area contributed by atoms with Crippen LogP contribution in [-0.2, 0) is 0 Å². The van der Waals surface area contributed by atoms with E-state index in [-0.39, 0.29) is 17.6 Å². The van der Waals surface area contributed by atoms with Crippen LogP contribution in [0.3, 0.4) is 0 Å². The van der Waals surface area contributed by atoms with Gasteiger partial charge in [0.1, 0.15) is 0 Å². The van der Waals surface area contributed by atoms with Gasteiger partial charge in [0, 0.05) is 11.6 Å². The number of piperidine rings is 1. The van der Waals surface area contributed by atoms with Crippen LogP contribution in [-0.4, -0.2) is 30.7 Å². The molecule has 14 heavy (non-hydrogen) atoms. The maximum Gasteiger partial charge on any atom is 0.315 e. The van der Waals surface area contributed by atoms with Gasteiger partial charge in [-0.3, -0.25) is 0 Å². The largest absolute Gasteiger partial charge is 0.336 e. The van der Waals surface area contributed by atoms with Crippen molar-refractivity contribution in [1.82, 2.24) is 16.0 Å². The molecule has 0 aromatic carbocycles. The van der Waals surface area contributed by atoms with Gasteiger partial charge in [0.05, 0.1) is 0 Å². The molecule has 0 aromatic rings. The zero-order valence-corrected chi connectivity index (χ0v) is 9.31. The van der Waals surface area contributed by atoms with Crippen molar-refractivity contribution in [2.75, 3.05) is 13.1 Å². The number of nitrogens with one attached hydrogen (secondary N) is 3. The van der Waals surface area contributed by atoms with E-state index in [1.54, 1.807) is 0 Å². The van der Waals surface area contributed by atoms with E-state index in [9.17, 15) is 4.79 Å². The number of carbonyl (C=O) groups excluding carboxylic acids is 1. The third-order valence-electron chi connectivity index (χ3n) is 2.54. The summed E-state index contributed by atoms with van der Waals surface area (Å²) in [6.45, 7) is 8.00. The average molecular weight is 199 g/mol. The van der Waals surface area contributed by atoms with Crippen LogP contribution in [0.25, 0.3) is 0 Å². The highest BCUT2D eigenvalue weighted by molar-refractivity contribution is 5.75. The molecule has 1 heterocycles. The first kappa shape index (κ1) is 11.3. The standard InChI is InChI=1S/C10H21N3O/c1-8(2)12-9(14)13-10(3)4-6-11-7-5-10/h8,11H,4-7H2,1-3H3,(H2,12,13,14). The Morgan fingerprint density at radius 2 is 1.93 bits per heavy atom. The van der Waals surface area contributed by atoms with Crippen molar-refractivity contribution in [3.05, 3.63) is 0 Å². The summed E-state index contributed by atoms with van der Waals surface area (Å²) in [6.07, 6.45) is 2.00. The lowest BCUT2D eigenvalue weighted by Gasteiger charge is -2.35. The van der Waals surface area contributed by atoms with Gasteiger partial charge in [-0.1, -0.05) is 0 Å². The minimum Gasteiger partial charge on any atom is -0.336 e. The number of hydrogen-bond donors (Lipinski definition) is 3. The zero-order chi connectivity index (χ0) is 10.6. The van der Waals surface area contributed by atoms with Gasteiger partial charge >= 0.3 is 6.03 Å². The molecule has 4 nitrogen and oxygen atoms in total. The van der Waals surface area contributed by atoms with Crippen LogP contribution < -0.4 is 16.0 Å². The van der Waals surface area contributed by atoms with E-state index in [0.717, 1.165) is 25.9 Å². The van der Waals surface area contributed by atoms with E-state index < -0.39 is 0 Å². The summed E-state index contributed by atoms with van der Waals surface area (Å²) in [4.78, 5) is 11.5. The van der Waals surface area contributed by atoms with Crippen LogP contribution >= 0.6 is 0 Å². The van der Waals surface area contributed by atoms with E-state index in [0.29, 0.717) is 0 Å². The molecule has 82 valence electrons. The van der Waals surface area contributed by atoms with Crippen LogP contribution in [0.1, 0.15) is 33.6 Å². The molecule has 1 saturated heterocycles. The smallest absolute Gasteiger partial charge is 0.315 e. The molecule has 4 heteroatoms. The molecular formula is C10H21N3O. The lowest BCUT2D eigenvalue weighted by Crippen LogP contribution is -2.55. The number of urea groups is 1. The fourth-order valence-corrected chi connectivity index (χ4v) is 1.68. The van der Waals surface area contributed by atoms with Crippen molar-refractivity contribution in [3.63, 3.8) is 0 Å². The lowest BCUT2D eigenvalue weighted by atomic mass is 9.91. The highest BCUT2D eigenvalue weighted by atomic mass is 16.2. The molecule has 0 saturated carbocycles.